The molecule has 6 nitrogen and oxygen atoms in total. The second-order valence-corrected chi connectivity index (χ2v) is 5.70. The van der Waals surface area contributed by atoms with Gasteiger partial charge >= 0.3 is 6.09 Å². The Labute approximate surface area is 112 Å². The van der Waals surface area contributed by atoms with Crippen molar-refractivity contribution in [3.63, 3.8) is 0 Å². The van der Waals surface area contributed by atoms with Gasteiger partial charge in [-0.05, 0) is 27.2 Å². The highest BCUT2D eigenvalue weighted by Gasteiger charge is 2.26. The summed E-state index contributed by atoms with van der Waals surface area (Å²) in [7, 11) is 0. The number of amides is 1. The fourth-order valence-electron chi connectivity index (χ4n) is 2.13. The molecule has 0 aromatic carbocycles. The van der Waals surface area contributed by atoms with Crippen LogP contribution in [0.15, 0.2) is 4.52 Å². The van der Waals surface area contributed by atoms with Crippen molar-refractivity contribution in [3.05, 3.63) is 17.0 Å². The van der Waals surface area contributed by atoms with E-state index in [1.807, 2.05) is 20.8 Å². The molecule has 0 unspecified atom stereocenters. The first kappa shape index (κ1) is 13.9. The van der Waals surface area contributed by atoms with Gasteiger partial charge in [0.1, 0.15) is 5.60 Å². The highest BCUT2D eigenvalue weighted by atomic mass is 16.6. The van der Waals surface area contributed by atoms with Crippen LogP contribution in [0.4, 0.5) is 4.79 Å². The maximum atomic E-state index is 12.0. The summed E-state index contributed by atoms with van der Waals surface area (Å²) in [6.45, 7) is 7.14. The molecule has 0 bridgehead atoms. The summed E-state index contributed by atoms with van der Waals surface area (Å²) < 4.78 is 10.6. The molecule has 2 rings (SSSR count). The van der Waals surface area contributed by atoms with Crippen LogP contribution in [-0.2, 0) is 24.1 Å². The van der Waals surface area contributed by atoms with E-state index in [-0.39, 0.29) is 6.09 Å². The third kappa shape index (κ3) is 3.26. The molecule has 1 amide bonds. The minimum atomic E-state index is -0.471. The summed E-state index contributed by atoms with van der Waals surface area (Å²) in [6, 6.07) is 0. The average molecular weight is 267 g/mol. The van der Waals surface area contributed by atoms with Gasteiger partial charge in [-0.3, -0.25) is 0 Å². The Morgan fingerprint density at radius 1 is 1.42 bits per heavy atom. The molecule has 0 atom stereocenters. The van der Waals surface area contributed by atoms with Gasteiger partial charge in [0.05, 0.1) is 12.2 Å². The van der Waals surface area contributed by atoms with E-state index in [0.29, 0.717) is 32.5 Å². The minimum Gasteiger partial charge on any atom is -0.444 e. The Bertz CT molecular complexity index is 462. The zero-order chi connectivity index (χ0) is 14.0. The van der Waals surface area contributed by atoms with Crippen LogP contribution in [0.3, 0.4) is 0 Å². The number of hydrogen-bond donors (Lipinski definition) is 1. The molecule has 0 aliphatic carbocycles. The number of nitrogens with zero attached hydrogens (tertiary/aromatic N) is 2. The Hall–Kier alpha value is -1.56. The topological polar surface area (TPSA) is 81.6 Å². The SMILES string of the molecule is CC(C)(C)OC(=O)N1CCc2noc(CN)c2CC1. The summed E-state index contributed by atoms with van der Waals surface area (Å²) >= 11 is 0. The number of nitrogens with two attached hydrogens (primary N) is 1. The van der Waals surface area contributed by atoms with Crippen LogP contribution in [0.2, 0.25) is 0 Å². The molecule has 106 valence electrons. The van der Waals surface area contributed by atoms with Crippen molar-refractivity contribution in [2.75, 3.05) is 13.1 Å². The van der Waals surface area contributed by atoms with Crippen LogP contribution in [0, 0.1) is 0 Å². The minimum absolute atomic E-state index is 0.274. The predicted octanol–water partition coefficient (Wildman–Crippen LogP) is 1.47. The summed E-state index contributed by atoms with van der Waals surface area (Å²) in [6.07, 6.45) is 1.12. The molecule has 2 heterocycles. The van der Waals surface area contributed by atoms with Crippen molar-refractivity contribution in [3.8, 4) is 0 Å². The van der Waals surface area contributed by atoms with E-state index in [0.717, 1.165) is 17.0 Å². The van der Waals surface area contributed by atoms with E-state index in [1.54, 1.807) is 4.90 Å². The van der Waals surface area contributed by atoms with E-state index >= 15 is 0 Å². The maximum Gasteiger partial charge on any atom is 0.410 e. The molecule has 6 heteroatoms. The third-order valence-corrected chi connectivity index (χ3v) is 3.04. The Kier molecular flexibility index (Phi) is 3.80. The highest BCUT2D eigenvalue weighted by molar-refractivity contribution is 5.68. The number of fused-ring (bicyclic) bond motifs is 1. The van der Waals surface area contributed by atoms with Gasteiger partial charge in [0, 0.05) is 25.1 Å². The molecule has 0 fully saturated rings. The summed E-state index contributed by atoms with van der Waals surface area (Å²) in [5.41, 5.74) is 7.10. The monoisotopic (exact) mass is 267 g/mol. The lowest BCUT2D eigenvalue weighted by atomic mass is 10.1. The predicted molar refractivity (Wildman–Crippen MR) is 69.6 cm³/mol. The number of carbonyl (C=O) groups is 1. The van der Waals surface area contributed by atoms with Crippen molar-refractivity contribution < 1.29 is 14.1 Å². The second kappa shape index (κ2) is 5.21. The lowest BCUT2D eigenvalue weighted by Gasteiger charge is -2.26. The van der Waals surface area contributed by atoms with Crippen molar-refractivity contribution in [2.24, 2.45) is 5.73 Å². The van der Waals surface area contributed by atoms with Crippen molar-refractivity contribution in [1.29, 1.82) is 0 Å². The molecule has 1 aromatic heterocycles. The Morgan fingerprint density at radius 2 is 2.11 bits per heavy atom. The maximum absolute atomic E-state index is 12.0. The zero-order valence-electron chi connectivity index (χ0n) is 11.7. The summed E-state index contributed by atoms with van der Waals surface area (Å²) in [5.74, 6) is 0.723. The third-order valence-electron chi connectivity index (χ3n) is 3.04. The molecule has 1 aliphatic heterocycles. The molecule has 19 heavy (non-hydrogen) atoms. The molecule has 1 aliphatic rings. The first-order chi connectivity index (χ1) is 8.90. The lowest BCUT2D eigenvalue weighted by molar-refractivity contribution is 0.0257. The van der Waals surface area contributed by atoms with E-state index in [1.165, 1.54) is 0 Å². The van der Waals surface area contributed by atoms with Crippen molar-refractivity contribution >= 4 is 6.09 Å². The quantitative estimate of drug-likeness (QED) is 0.833. The molecule has 2 N–H and O–H groups in total. The smallest absolute Gasteiger partial charge is 0.410 e. The van der Waals surface area contributed by atoms with Crippen molar-refractivity contribution in [2.45, 2.75) is 45.8 Å². The number of carbonyl (C=O) groups excluding carboxylic acids is 1. The average Bonchev–Trinajstić information content (AvgIpc) is 2.57. The van der Waals surface area contributed by atoms with Crippen LogP contribution in [-0.4, -0.2) is 34.8 Å². The molecule has 0 spiro atoms. The fourth-order valence-corrected chi connectivity index (χ4v) is 2.13. The second-order valence-electron chi connectivity index (χ2n) is 5.70. The normalized spacial score (nSPS) is 15.9. The van der Waals surface area contributed by atoms with Gasteiger partial charge in [-0.2, -0.15) is 0 Å². The Balaban J connectivity index is 2.03. The number of hydrogen-bond acceptors (Lipinski definition) is 5. The molecular formula is C13H21N3O3. The lowest BCUT2D eigenvalue weighted by Crippen LogP contribution is -2.38. The van der Waals surface area contributed by atoms with Crippen LogP contribution in [0.25, 0.3) is 0 Å². The molecule has 0 radical (unpaired) electrons. The van der Waals surface area contributed by atoms with E-state index in [4.69, 9.17) is 15.0 Å². The summed E-state index contributed by atoms with van der Waals surface area (Å²) in [4.78, 5) is 13.7. The molecule has 1 aromatic rings. The number of ether oxygens (including phenoxy) is 1. The Morgan fingerprint density at radius 3 is 2.74 bits per heavy atom. The number of rotatable bonds is 1. The van der Waals surface area contributed by atoms with Gasteiger partial charge in [-0.1, -0.05) is 5.16 Å². The van der Waals surface area contributed by atoms with Gasteiger partial charge in [0.25, 0.3) is 0 Å². The van der Waals surface area contributed by atoms with Crippen LogP contribution in [0.1, 0.15) is 37.8 Å². The van der Waals surface area contributed by atoms with Gasteiger partial charge in [0.2, 0.25) is 0 Å². The van der Waals surface area contributed by atoms with Gasteiger partial charge < -0.3 is 19.9 Å². The van der Waals surface area contributed by atoms with E-state index < -0.39 is 5.60 Å². The van der Waals surface area contributed by atoms with Crippen molar-refractivity contribution in [1.82, 2.24) is 10.1 Å². The summed E-state index contributed by atoms with van der Waals surface area (Å²) in [5, 5.41) is 4.02. The highest BCUT2D eigenvalue weighted by Crippen LogP contribution is 2.20. The van der Waals surface area contributed by atoms with Gasteiger partial charge in [0.15, 0.2) is 5.76 Å². The standard InChI is InChI=1S/C13H21N3O3/c1-13(2,3)18-12(17)16-6-4-9-10(5-7-16)15-19-11(9)8-14/h4-8,14H2,1-3H3. The van der Waals surface area contributed by atoms with E-state index in [2.05, 4.69) is 5.16 Å². The zero-order valence-corrected chi connectivity index (χ0v) is 11.7. The molecule has 0 saturated heterocycles. The first-order valence-corrected chi connectivity index (χ1v) is 6.55. The fraction of sp³-hybridized carbons (Fsp3) is 0.692. The molecule has 0 saturated carbocycles. The first-order valence-electron chi connectivity index (χ1n) is 6.55. The van der Waals surface area contributed by atoms with Crippen LogP contribution in [0.5, 0.6) is 0 Å². The van der Waals surface area contributed by atoms with Crippen LogP contribution < -0.4 is 5.73 Å². The van der Waals surface area contributed by atoms with E-state index in [9.17, 15) is 4.79 Å². The number of aromatic nitrogens is 1. The molecular weight excluding hydrogens is 246 g/mol. The van der Waals surface area contributed by atoms with Crippen LogP contribution >= 0.6 is 0 Å². The largest absolute Gasteiger partial charge is 0.444 e. The van der Waals surface area contributed by atoms with Gasteiger partial charge in [-0.15, -0.1) is 0 Å². The van der Waals surface area contributed by atoms with Gasteiger partial charge in [-0.25, -0.2) is 4.79 Å².